The molecule has 0 aliphatic carbocycles. The van der Waals surface area contributed by atoms with Gasteiger partial charge in [-0.2, -0.15) is 0 Å². The van der Waals surface area contributed by atoms with E-state index in [0.29, 0.717) is 0 Å². The third-order valence-electron chi connectivity index (χ3n) is 7.95. The molecule has 234 valence electrons. The van der Waals surface area contributed by atoms with Gasteiger partial charge >= 0.3 is 12.1 Å². The summed E-state index contributed by atoms with van der Waals surface area (Å²) >= 11 is 0. The Morgan fingerprint density at radius 3 is 2.34 bits per heavy atom. The number of amides is 1. The molecule has 2 N–H and O–H groups in total. The Bertz CT molecular complexity index is 1700. The number of esters is 1. The van der Waals surface area contributed by atoms with E-state index in [0.717, 1.165) is 6.07 Å². The molecule has 11 nitrogen and oxygen atoms in total. The highest BCUT2D eigenvalue weighted by Gasteiger charge is 2.38. The lowest BCUT2D eigenvalue weighted by atomic mass is 10.1. The number of hydrogen-bond acceptors (Lipinski definition) is 9. The minimum atomic E-state index is -0.988. The van der Waals surface area contributed by atoms with Gasteiger partial charge in [0.1, 0.15) is 40.8 Å². The summed E-state index contributed by atoms with van der Waals surface area (Å²) in [4.78, 5) is 53.6. The smallest absolute Gasteiger partial charge is 0.414 e. The Balaban J connectivity index is 1.36. The van der Waals surface area contributed by atoms with Crippen LogP contribution in [0.5, 0.6) is 0 Å². The zero-order valence-electron chi connectivity index (χ0n) is 24.4. The fourth-order valence-electron chi connectivity index (χ4n) is 5.61. The van der Waals surface area contributed by atoms with Crippen LogP contribution in [-0.4, -0.2) is 73.9 Å². The molecule has 2 aromatic carbocycles. The largest absolute Gasteiger partial charge is 0.462 e. The molecule has 3 aromatic rings. The summed E-state index contributed by atoms with van der Waals surface area (Å²) in [6.07, 6.45) is -0.367. The number of fused-ring (bicyclic) bond motifs is 1. The van der Waals surface area contributed by atoms with Crippen molar-refractivity contribution in [1.29, 1.82) is 0 Å². The van der Waals surface area contributed by atoms with Crippen LogP contribution >= 0.6 is 0 Å². The van der Waals surface area contributed by atoms with E-state index in [1.54, 1.807) is 24.8 Å². The van der Waals surface area contributed by atoms with Crippen LogP contribution in [0.1, 0.15) is 31.1 Å². The molecule has 2 aliphatic rings. The van der Waals surface area contributed by atoms with E-state index in [2.05, 4.69) is 0 Å². The second-order valence-corrected chi connectivity index (χ2v) is 10.6. The van der Waals surface area contributed by atoms with Gasteiger partial charge in [-0.3, -0.25) is 14.5 Å². The van der Waals surface area contributed by atoms with Crippen LogP contribution in [0.4, 0.5) is 35.0 Å². The number of aromatic nitrogens is 1. The molecule has 2 saturated heterocycles. The molecule has 1 aromatic heterocycles. The van der Waals surface area contributed by atoms with E-state index in [1.165, 1.54) is 39.6 Å². The molecule has 2 atom stereocenters. The molecule has 5 rings (SSSR count). The third kappa shape index (κ3) is 5.45. The molecular weight excluding hydrogens is 583 g/mol. The lowest BCUT2D eigenvalue weighted by Gasteiger charge is -2.38. The number of pyridine rings is 1. The van der Waals surface area contributed by atoms with Crippen LogP contribution in [0.25, 0.3) is 10.9 Å². The third-order valence-corrected chi connectivity index (χ3v) is 7.95. The molecule has 1 unspecified atom stereocenters. The number of piperazine rings is 1. The summed E-state index contributed by atoms with van der Waals surface area (Å²) < 4.78 is 58.1. The zero-order chi connectivity index (χ0) is 31.9. The number of nitrogens with two attached hydrogens (primary N) is 1. The van der Waals surface area contributed by atoms with Gasteiger partial charge in [0.15, 0.2) is 5.82 Å². The van der Waals surface area contributed by atoms with Crippen LogP contribution in [0, 0.1) is 17.5 Å². The molecule has 0 bridgehead atoms. The fourth-order valence-corrected chi connectivity index (χ4v) is 5.61. The van der Waals surface area contributed by atoms with Crippen LogP contribution in [-0.2, 0) is 20.8 Å². The van der Waals surface area contributed by atoms with Crippen LogP contribution < -0.4 is 25.9 Å². The van der Waals surface area contributed by atoms with E-state index in [-0.39, 0.29) is 85.2 Å². The number of ketones is 1. The Kier molecular flexibility index (Phi) is 8.55. The van der Waals surface area contributed by atoms with Gasteiger partial charge in [-0.25, -0.2) is 22.8 Å². The topological polar surface area (TPSA) is 127 Å². The summed E-state index contributed by atoms with van der Waals surface area (Å²) in [5, 5.41) is -0.270. The Morgan fingerprint density at radius 1 is 1.05 bits per heavy atom. The van der Waals surface area contributed by atoms with Crippen LogP contribution in [0.2, 0.25) is 0 Å². The van der Waals surface area contributed by atoms with Gasteiger partial charge in [0.25, 0.3) is 0 Å². The van der Waals surface area contributed by atoms with E-state index < -0.39 is 47.1 Å². The number of rotatable bonds is 8. The number of aryl methyl sites for hydroxylation is 1. The SMILES string of the molecule is CCOC(=O)c1cn(CC)c2c(F)c(N3CCN(c4ccc(N5CC([C@H](N)C(C)=O)OC5=O)cc4F)CC3)c(F)cc2c1=O. The summed E-state index contributed by atoms with van der Waals surface area (Å²) in [7, 11) is 0. The number of carbonyl (C=O) groups excluding carboxylic acids is 3. The highest BCUT2D eigenvalue weighted by molar-refractivity contribution is 5.95. The first kappa shape index (κ1) is 30.9. The number of nitrogens with zero attached hydrogens (tertiary/aromatic N) is 4. The van der Waals surface area contributed by atoms with Crippen molar-refractivity contribution >= 4 is 45.8 Å². The van der Waals surface area contributed by atoms with E-state index >= 15 is 13.2 Å². The van der Waals surface area contributed by atoms with Gasteiger partial charge < -0.3 is 29.6 Å². The molecule has 0 saturated carbocycles. The zero-order valence-corrected chi connectivity index (χ0v) is 24.4. The summed E-state index contributed by atoms with van der Waals surface area (Å²) in [6.45, 7) is 5.53. The number of carbonyl (C=O) groups is 3. The molecular formula is C30H32F3N5O6. The minimum absolute atomic E-state index is 0.00403. The molecule has 2 fully saturated rings. The maximum atomic E-state index is 16.0. The highest BCUT2D eigenvalue weighted by atomic mass is 19.1. The standard InChI is InChI=1S/C30H32F3N5O6/c1-4-35-14-19(29(41)43-5-2)28(40)18-13-21(32)27(24(33)26(18)35)37-10-8-36(9-11-37)22-7-6-17(12-20(22)31)38-15-23(44-30(38)42)25(34)16(3)39/h6-7,12-14,23,25H,4-5,8-11,15,34H2,1-3H3/t23?,25-/m1/s1. The Hall–Kier alpha value is -4.59. The first-order valence-electron chi connectivity index (χ1n) is 14.2. The van der Waals surface area contributed by atoms with Gasteiger partial charge in [-0.05, 0) is 45.0 Å². The number of hydrogen-bond donors (Lipinski definition) is 1. The van der Waals surface area contributed by atoms with Crippen molar-refractivity contribution in [2.45, 2.75) is 39.5 Å². The van der Waals surface area contributed by atoms with Crippen molar-refractivity contribution in [1.82, 2.24) is 4.57 Å². The minimum Gasteiger partial charge on any atom is -0.462 e. The van der Waals surface area contributed by atoms with E-state index in [9.17, 15) is 19.2 Å². The summed E-state index contributed by atoms with van der Waals surface area (Å²) in [5.74, 6) is -3.71. The normalized spacial score (nSPS) is 17.7. The number of ether oxygens (including phenoxy) is 2. The lowest BCUT2D eigenvalue weighted by Crippen LogP contribution is -2.47. The second kappa shape index (κ2) is 12.2. The molecule has 1 amide bonds. The number of benzene rings is 2. The van der Waals surface area contributed by atoms with Crippen molar-refractivity contribution < 1.29 is 37.0 Å². The molecule has 0 spiro atoms. The molecule has 44 heavy (non-hydrogen) atoms. The quantitative estimate of drug-likeness (QED) is 0.380. The Labute approximate surface area is 250 Å². The van der Waals surface area contributed by atoms with Crippen molar-refractivity contribution in [2.75, 3.05) is 54.0 Å². The van der Waals surface area contributed by atoms with Gasteiger partial charge in [-0.1, -0.05) is 0 Å². The maximum Gasteiger partial charge on any atom is 0.414 e. The van der Waals surface area contributed by atoms with Gasteiger partial charge in [0.05, 0.1) is 35.4 Å². The van der Waals surface area contributed by atoms with Crippen molar-refractivity contribution in [2.24, 2.45) is 5.73 Å². The van der Waals surface area contributed by atoms with Crippen molar-refractivity contribution in [3.8, 4) is 0 Å². The lowest BCUT2D eigenvalue weighted by molar-refractivity contribution is -0.120. The van der Waals surface area contributed by atoms with Gasteiger partial charge in [0.2, 0.25) is 5.43 Å². The fraction of sp³-hybridized carbons (Fsp3) is 0.400. The van der Waals surface area contributed by atoms with Crippen molar-refractivity contribution in [3.05, 3.63) is 63.7 Å². The van der Waals surface area contributed by atoms with E-state index in [1.807, 2.05) is 0 Å². The highest BCUT2D eigenvalue weighted by Crippen LogP contribution is 2.33. The molecule has 14 heteroatoms. The summed E-state index contributed by atoms with van der Waals surface area (Å²) in [6, 6.07) is 4.18. The number of cyclic esters (lactones) is 1. The van der Waals surface area contributed by atoms with Gasteiger partial charge in [0, 0.05) is 38.9 Å². The number of halogens is 3. The van der Waals surface area contributed by atoms with Gasteiger partial charge in [-0.15, -0.1) is 0 Å². The monoisotopic (exact) mass is 615 g/mol. The summed E-state index contributed by atoms with van der Waals surface area (Å²) in [5.41, 5.74) is 4.71. The average Bonchev–Trinajstić information content (AvgIpc) is 3.39. The van der Waals surface area contributed by atoms with Crippen LogP contribution in [0.15, 0.2) is 35.3 Å². The number of Topliss-reactive ketones (excluding diaryl/α,β-unsaturated/α-hetero) is 1. The van der Waals surface area contributed by atoms with E-state index in [4.69, 9.17) is 15.2 Å². The predicted octanol–water partition coefficient (Wildman–Crippen LogP) is 3.18. The maximum absolute atomic E-state index is 16.0. The first-order chi connectivity index (χ1) is 21.0. The Morgan fingerprint density at radius 2 is 1.73 bits per heavy atom. The molecule has 2 aliphatic heterocycles. The van der Waals surface area contributed by atoms with Crippen LogP contribution in [0.3, 0.4) is 0 Å². The number of anilines is 3. The van der Waals surface area contributed by atoms with Crippen molar-refractivity contribution in [3.63, 3.8) is 0 Å². The molecule has 3 heterocycles. The second-order valence-electron chi connectivity index (χ2n) is 10.6. The average molecular weight is 616 g/mol. The molecule has 0 radical (unpaired) electrons. The predicted molar refractivity (Wildman–Crippen MR) is 157 cm³/mol. The first-order valence-corrected chi connectivity index (χ1v) is 14.2.